The van der Waals surface area contributed by atoms with Gasteiger partial charge in [0.25, 0.3) is 0 Å². The van der Waals surface area contributed by atoms with E-state index in [-0.39, 0.29) is 0 Å². The highest BCUT2D eigenvalue weighted by Crippen LogP contribution is 2.39. The first-order valence-electron chi connectivity index (χ1n) is 5.75. The molecule has 2 heterocycles. The van der Waals surface area contributed by atoms with Gasteiger partial charge in [-0.2, -0.15) is 0 Å². The number of nitrogens with zero attached hydrogens (tertiary/aromatic N) is 3. The molecule has 2 aromatic rings. The first kappa shape index (κ1) is 10.3. The smallest absolute Gasteiger partial charge is 0.312 e. The quantitative estimate of drug-likeness (QED) is 0.874. The first-order valence-corrected chi connectivity index (χ1v) is 5.75. The SMILES string of the molecule is CC(C(=O)O)c1cccc2nnc(C3CC3)n12. The van der Waals surface area contributed by atoms with Gasteiger partial charge in [0.15, 0.2) is 5.65 Å². The van der Waals surface area contributed by atoms with E-state index < -0.39 is 11.9 Å². The average molecular weight is 231 g/mol. The Hall–Kier alpha value is -1.91. The normalized spacial score (nSPS) is 17.2. The molecule has 1 aliphatic carbocycles. The highest BCUT2D eigenvalue weighted by molar-refractivity contribution is 5.75. The van der Waals surface area contributed by atoms with Gasteiger partial charge in [-0.15, -0.1) is 10.2 Å². The van der Waals surface area contributed by atoms with E-state index in [1.165, 1.54) is 0 Å². The van der Waals surface area contributed by atoms with Gasteiger partial charge in [0.05, 0.1) is 5.92 Å². The molecule has 0 bridgehead atoms. The Balaban J connectivity index is 2.22. The van der Waals surface area contributed by atoms with Crippen LogP contribution in [0.5, 0.6) is 0 Å². The minimum atomic E-state index is -0.826. The van der Waals surface area contributed by atoms with Gasteiger partial charge in [-0.3, -0.25) is 9.20 Å². The van der Waals surface area contributed by atoms with Crippen molar-refractivity contribution in [1.29, 1.82) is 0 Å². The molecule has 1 atom stereocenters. The maximum Gasteiger partial charge on any atom is 0.312 e. The summed E-state index contributed by atoms with van der Waals surface area (Å²) in [7, 11) is 0. The predicted octanol–water partition coefficient (Wildman–Crippen LogP) is 1.79. The molecule has 2 aromatic heterocycles. The van der Waals surface area contributed by atoms with Crippen LogP contribution in [0.3, 0.4) is 0 Å². The van der Waals surface area contributed by atoms with Crippen molar-refractivity contribution >= 4 is 11.6 Å². The summed E-state index contributed by atoms with van der Waals surface area (Å²) in [5, 5.41) is 17.4. The fraction of sp³-hybridized carbons (Fsp3) is 0.417. The number of aliphatic carboxylic acids is 1. The maximum absolute atomic E-state index is 11.1. The lowest BCUT2D eigenvalue weighted by molar-refractivity contribution is -0.138. The van der Waals surface area contributed by atoms with E-state index in [0.29, 0.717) is 5.92 Å². The van der Waals surface area contributed by atoms with Crippen LogP contribution in [0.2, 0.25) is 0 Å². The second-order valence-electron chi connectivity index (χ2n) is 4.54. The molecule has 5 heteroatoms. The van der Waals surface area contributed by atoms with E-state index >= 15 is 0 Å². The third-order valence-corrected chi connectivity index (χ3v) is 3.24. The van der Waals surface area contributed by atoms with E-state index in [0.717, 1.165) is 30.0 Å². The summed E-state index contributed by atoms with van der Waals surface area (Å²) >= 11 is 0. The number of hydrogen-bond donors (Lipinski definition) is 1. The van der Waals surface area contributed by atoms with Gasteiger partial charge in [-0.25, -0.2) is 0 Å². The number of rotatable bonds is 3. The summed E-state index contributed by atoms with van der Waals surface area (Å²) in [6, 6.07) is 5.52. The number of pyridine rings is 1. The highest BCUT2D eigenvalue weighted by Gasteiger charge is 2.30. The predicted molar refractivity (Wildman–Crippen MR) is 61.0 cm³/mol. The van der Waals surface area contributed by atoms with E-state index in [2.05, 4.69) is 10.2 Å². The van der Waals surface area contributed by atoms with Gasteiger partial charge in [0.1, 0.15) is 5.82 Å². The van der Waals surface area contributed by atoms with Crippen LogP contribution in [0.25, 0.3) is 5.65 Å². The Morgan fingerprint density at radius 1 is 1.47 bits per heavy atom. The Kier molecular flexibility index (Phi) is 2.14. The van der Waals surface area contributed by atoms with Crippen molar-refractivity contribution in [3.05, 3.63) is 29.7 Å². The zero-order valence-corrected chi connectivity index (χ0v) is 9.50. The van der Waals surface area contributed by atoms with E-state index in [1.807, 2.05) is 22.6 Å². The standard InChI is InChI=1S/C12H13N3O2/c1-7(12(16)17)9-3-2-4-10-13-14-11(15(9)10)8-5-6-8/h2-4,7-8H,5-6H2,1H3,(H,16,17). The van der Waals surface area contributed by atoms with Gasteiger partial charge in [0.2, 0.25) is 0 Å². The molecule has 1 saturated carbocycles. The average Bonchev–Trinajstić information content (AvgIpc) is 3.07. The highest BCUT2D eigenvalue weighted by atomic mass is 16.4. The van der Waals surface area contributed by atoms with Crippen molar-refractivity contribution in [3.63, 3.8) is 0 Å². The van der Waals surface area contributed by atoms with Crippen LogP contribution in [-0.4, -0.2) is 25.7 Å². The Morgan fingerprint density at radius 2 is 2.24 bits per heavy atom. The summed E-state index contributed by atoms with van der Waals surface area (Å²) in [5.41, 5.74) is 1.49. The molecule has 0 saturated heterocycles. The third-order valence-electron chi connectivity index (χ3n) is 3.24. The van der Waals surface area contributed by atoms with Gasteiger partial charge >= 0.3 is 5.97 Å². The molecule has 88 valence electrons. The summed E-state index contributed by atoms with van der Waals surface area (Å²) in [6.07, 6.45) is 2.24. The summed E-state index contributed by atoms with van der Waals surface area (Å²) in [5.74, 6) is -0.0176. The van der Waals surface area contributed by atoms with Crippen molar-refractivity contribution in [3.8, 4) is 0 Å². The molecule has 0 spiro atoms. The monoisotopic (exact) mass is 231 g/mol. The minimum Gasteiger partial charge on any atom is -0.481 e. The molecule has 1 fully saturated rings. The molecule has 1 aliphatic rings. The van der Waals surface area contributed by atoms with Crippen LogP contribution < -0.4 is 0 Å². The second kappa shape index (κ2) is 3.55. The number of carboxylic acid groups (broad SMARTS) is 1. The van der Waals surface area contributed by atoms with Crippen molar-refractivity contribution in [2.24, 2.45) is 0 Å². The van der Waals surface area contributed by atoms with Crippen molar-refractivity contribution < 1.29 is 9.90 Å². The third kappa shape index (κ3) is 1.58. The lowest BCUT2D eigenvalue weighted by Crippen LogP contribution is -2.12. The zero-order valence-electron chi connectivity index (χ0n) is 9.50. The maximum atomic E-state index is 11.1. The number of carboxylic acids is 1. The minimum absolute atomic E-state index is 0.451. The van der Waals surface area contributed by atoms with Crippen LogP contribution in [0.4, 0.5) is 0 Å². The fourth-order valence-electron chi connectivity index (χ4n) is 2.06. The zero-order chi connectivity index (χ0) is 12.0. The topological polar surface area (TPSA) is 67.5 Å². The number of aromatic nitrogens is 3. The van der Waals surface area contributed by atoms with Crippen molar-refractivity contribution in [2.45, 2.75) is 31.6 Å². The summed E-state index contributed by atoms with van der Waals surface area (Å²) in [6.45, 7) is 1.69. The molecular formula is C12H13N3O2. The van der Waals surface area contributed by atoms with Crippen LogP contribution in [0.1, 0.15) is 43.1 Å². The van der Waals surface area contributed by atoms with Crippen LogP contribution in [-0.2, 0) is 4.79 Å². The molecule has 0 aliphatic heterocycles. The lowest BCUT2D eigenvalue weighted by atomic mass is 10.1. The van der Waals surface area contributed by atoms with Gasteiger partial charge in [0, 0.05) is 11.6 Å². The van der Waals surface area contributed by atoms with Crippen molar-refractivity contribution in [2.75, 3.05) is 0 Å². The molecular weight excluding hydrogens is 218 g/mol. The number of hydrogen-bond acceptors (Lipinski definition) is 3. The van der Waals surface area contributed by atoms with E-state index in [1.54, 1.807) is 6.92 Å². The number of fused-ring (bicyclic) bond motifs is 1. The lowest BCUT2D eigenvalue weighted by Gasteiger charge is -2.10. The van der Waals surface area contributed by atoms with Crippen LogP contribution >= 0.6 is 0 Å². The molecule has 17 heavy (non-hydrogen) atoms. The Morgan fingerprint density at radius 3 is 2.88 bits per heavy atom. The Labute approximate surface area is 98.1 Å². The molecule has 0 amide bonds. The van der Waals surface area contributed by atoms with Crippen LogP contribution in [0, 0.1) is 0 Å². The van der Waals surface area contributed by atoms with Gasteiger partial charge < -0.3 is 5.11 Å². The van der Waals surface area contributed by atoms with Crippen molar-refractivity contribution in [1.82, 2.24) is 14.6 Å². The molecule has 1 unspecified atom stereocenters. The van der Waals surface area contributed by atoms with E-state index in [4.69, 9.17) is 5.11 Å². The molecule has 5 nitrogen and oxygen atoms in total. The van der Waals surface area contributed by atoms with Crippen LogP contribution in [0.15, 0.2) is 18.2 Å². The molecule has 0 aromatic carbocycles. The molecule has 3 rings (SSSR count). The molecule has 1 N–H and O–H groups in total. The summed E-state index contributed by atoms with van der Waals surface area (Å²) < 4.78 is 1.90. The second-order valence-corrected chi connectivity index (χ2v) is 4.54. The van der Waals surface area contributed by atoms with Gasteiger partial charge in [-0.05, 0) is 31.9 Å². The fourth-order valence-corrected chi connectivity index (χ4v) is 2.06. The molecule has 0 radical (unpaired) electrons. The van der Waals surface area contributed by atoms with E-state index in [9.17, 15) is 4.79 Å². The summed E-state index contributed by atoms with van der Waals surface area (Å²) in [4.78, 5) is 11.1. The van der Waals surface area contributed by atoms with Gasteiger partial charge in [-0.1, -0.05) is 6.07 Å². The number of carbonyl (C=O) groups is 1. The first-order chi connectivity index (χ1) is 8.18. The largest absolute Gasteiger partial charge is 0.481 e. The Bertz CT molecular complexity index is 586.